The molecule has 4 rings (SSSR count). The van der Waals surface area contributed by atoms with Gasteiger partial charge in [0, 0.05) is 37.0 Å². The topological polar surface area (TPSA) is 95.5 Å². The summed E-state index contributed by atoms with van der Waals surface area (Å²) in [4.78, 5) is 26.1. The summed E-state index contributed by atoms with van der Waals surface area (Å²) < 4.78 is 10.7. The molecule has 0 radical (unpaired) electrons. The predicted octanol–water partition coefficient (Wildman–Crippen LogP) is 3.26. The number of furan rings is 1. The number of amides is 1. The number of nitriles is 1. The molecule has 0 bridgehead atoms. The lowest BCUT2D eigenvalue weighted by molar-refractivity contribution is 0.0613. The molecule has 0 atom stereocenters. The van der Waals surface area contributed by atoms with Crippen LogP contribution in [-0.4, -0.2) is 47.0 Å². The predicted molar refractivity (Wildman–Crippen MR) is 114 cm³/mol. The van der Waals surface area contributed by atoms with Crippen LogP contribution in [0.25, 0.3) is 0 Å². The van der Waals surface area contributed by atoms with Crippen LogP contribution in [0.3, 0.4) is 0 Å². The highest BCUT2D eigenvalue weighted by Crippen LogP contribution is 2.24. The molecule has 3 aromatic rings. The number of piperidine rings is 1. The number of nitrogens with zero attached hydrogens (tertiary/aromatic N) is 5. The van der Waals surface area contributed by atoms with Gasteiger partial charge in [-0.1, -0.05) is 6.07 Å². The van der Waals surface area contributed by atoms with Gasteiger partial charge in [-0.3, -0.25) is 4.79 Å². The third kappa shape index (κ3) is 4.67. The summed E-state index contributed by atoms with van der Waals surface area (Å²) in [5.41, 5.74) is 0.970. The second kappa shape index (κ2) is 9.30. The van der Waals surface area contributed by atoms with E-state index >= 15 is 0 Å². The summed E-state index contributed by atoms with van der Waals surface area (Å²) in [7, 11) is 1.58. The molecule has 8 nitrogen and oxygen atoms in total. The van der Waals surface area contributed by atoms with E-state index in [1.54, 1.807) is 49.9 Å². The Morgan fingerprint density at radius 2 is 2.13 bits per heavy atom. The van der Waals surface area contributed by atoms with Crippen molar-refractivity contribution in [2.24, 2.45) is 0 Å². The maximum atomic E-state index is 13.4. The molecule has 0 unspecified atom stereocenters. The van der Waals surface area contributed by atoms with E-state index in [2.05, 4.69) is 20.9 Å². The van der Waals surface area contributed by atoms with E-state index in [0.717, 1.165) is 31.7 Å². The lowest BCUT2D eigenvalue weighted by Crippen LogP contribution is -2.47. The molecule has 1 aliphatic rings. The minimum Gasteiger partial charge on any atom is -0.481 e. The highest BCUT2D eigenvalue weighted by molar-refractivity contribution is 5.94. The fraction of sp³-hybridized carbons (Fsp3) is 0.304. The molecule has 3 heterocycles. The first-order valence-corrected chi connectivity index (χ1v) is 10.1. The maximum absolute atomic E-state index is 13.4. The molecular weight excluding hydrogens is 394 g/mol. The Kier molecular flexibility index (Phi) is 6.13. The van der Waals surface area contributed by atoms with Crippen molar-refractivity contribution in [3.05, 3.63) is 71.8 Å². The van der Waals surface area contributed by atoms with E-state index in [4.69, 9.17) is 9.15 Å². The van der Waals surface area contributed by atoms with Crippen molar-refractivity contribution in [2.75, 3.05) is 25.1 Å². The number of aromatic nitrogens is 2. The van der Waals surface area contributed by atoms with Gasteiger partial charge < -0.3 is 19.0 Å². The molecule has 0 N–H and O–H groups in total. The number of rotatable bonds is 6. The number of ether oxygens (including phenoxy) is 1. The summed E-state index contributed by atoms with van der Waals surface area (Å²) in [6, 6.07) is 14.3. The van der Waals surface area contributed by atoms with Crippen molar-refractivity contribution >= 4 is 11.9 Å². The summed E-state index contributed by atoms with van der Waals surface area (Å²) in [6.45, 7) is 1.82. The van der Waals surface area contributed by atoms with Crippen molar-refractivity contribution in [2.45, 2.75) is 25.4 Å². The first-order valence-electron chi connectivity index (χ1n) is 10.1. The van der Waals surface area contributed by atoms with Crippen molar-refractivity contribution in [3.63, 3.8) is 0 Å². The zero-order chi connectivity index (χ0) is 21.6. The molecule has 1 saturated heterocycles. The first kappa shape index (κ1) is 20.4. The Morgan fingerprint density at radius 3 is 2.84 bits per heavy atom. The molecule has 1 fully saturated rings. The minimum atomic E-state index is -0.107. The van der Waals surface area contributed by atoms with Gasteiger partial charge in [-0.15, -0.1) is 0 Å². The van der Waals surface area contributed by atoms with Crippen LogP contribution in [0.4, 0.5) is 5.95 Å². The van der Waals surface area contributed by atoms with Crippen LogP contribution >= 0.6 is 0 Å². The Bertz CT molecular complexity index is 1070. The van der Waals surface area contributed by atoms with Gasteiger partial charge in [0.1, 0.15) is 5.76 Å². The van der Waals surface area contributed by atoms with Crippen LogP contribution in [-0.2, 0) is 6.54 Å². The second-order valence-electron chi connectivity index (χ2n) is 7.32. The van der Waals surface area contributed by atoms with Crippen molar-refractivity contribution < 1.29 is 13.9 Å². The second-order valence-corrected chi connectivity index (χ2v) is 7.32. The van der Waals surface area contributed by atoms with E-state index in [-0.39, 0.29) is 11.9 Å². The number of benzene rings is 1. The van der Waals surface area contributed by atoms with Crippen molar-refractivity contribution in [3.8, 4) is 11.9 Å². The lowest BCUT2D eigenvalue weighted by Gasteiger charge is -2.38. The molecular formula is C23H23N5O3. The van der Waals surface area contributed by atoms with Crippen LogP contribution < -0.4 is 9.64 Å². The number of carbonyl (C=O) groups is 1. The smallest absolute Gasteiger partial charge is 0.254 e. The Morgan fingerprint density at radius 1 is 1.29 bits per heavy atom. The average molecular weight is 417 g/mol. The van der Waals surface area contributed by atoms with E-state index in [1.807, 2.05) is 17.0 Å². The quantitative estimate of drug-likeness (QED) is 0.607. The van der Waals surface area contributed by atoms with Gasteiger partial charge in [0.05, 0.1) is 31.6 Å². The van der Waals surface area contributed by atoms with E-state index < -0.39 is 0 Å². The summed E-state index contributed by atoms with van der Waals surface area (Å²) in [6.07, 6.45) is 4.83. The van der Waals surface area contributed by atoms with Crippen LogP contribution in [0.1, 0.15) is 34.5 Å². The van der Waals surface area contributed by atoms with E-state index in [0.29, 0.717) is 29.5 Å². The largest absolute Gasteiger partial charge is 0.481 e. The van der Waals surface area contributed by atoms with Gasteiger partial charge in [0.15, 0.2) is 0 Å². The van der Waals surface area contributed by atoms with Gasteiger partial charge in [-0.2, -0.15) is 10.2 Å². The minimum absolute atomic E-state index is 0.0326. The summed E-state index contributed by atoms with van der Waals surface area (Å²) in [5.74, 6) is 1.77. The van der Waals surface area contributed by atoms with Crippen molar-refractivity contribution in [1.29, 1.82) is 5.26 Å². The molecule has 1 amide bonds. The highest BCUT2D eigenvalue weighted by atomic mass is 16.5. The molecule has 2 aromatic heterocycles. The average Bonchev–Trinajstić information content (AvgIpc) is 3.36. The molecule has 8 heteroatoms. The Labute approximate surface area is 180 Å². The number of hydrogen-bond acceptors (Lipinski definition) is 7. The number of carbonyl (C=O) groups excluding carboxylic acids is 1. The molecule has 31 heavy (non-hydrogen) atoms. The summed E-state index contributed by atoms with van der Waals surface area (Å²) in [5, 5.41) is 9.20. The Balaban J connectivity index is 1.52. The third-order valence-corrected chi connectivity index (χ3v) is 5.42. The normalized spacial score (nSPS) is 14.1. The SMILES string of the molecule is COc1ccnc(N2CCC(N(Cc3ccco3)C(=O)c3cccc(C#N)c3)CC2)n1. The lowest BCUT2D eigenvalue weighted by atomic mass is 10.0. The van der Waals surface area contributed by atoms with Crippen LogP contribution in [0, 0.1) is 11.3 Å². The number of methoxy groups -OCH3 is 1. The van der Waals surface area contributed by atoms with Gasteiger partial charge >= 0.3 is 0 Å². The fourth-order valence-corrected chi connectivity index (χ4v) is 3.80. The van der Waals surface area contributed by atoms with Gasteiger partial charge in [0.25, 0.3) is 5.91 Å². The van der Waals surface area contributed by atoms with Gasteiger partial charge in [-0.05, 0) is 43.2 Å². The van der Waals surface area contributed by atoms with Crippen molar-refractivity contribution in [1.82, 2.24) is 14.9 Å². The number of anilines is 1. The van der Waals surface area contributed by atoms with E-state index in [9.17, 15) is 10.1 Å². The molecule has 0 spiro atoms. The molecule has 0 saturated carbocycles. The van der Waals surface area contributed by atoms with Crippen LogP contribution in [0.2, 0.25) is 0 Å². The first-order chi connectivity index (χ1) is 15.2. The van der Waals surface area contributed by atoms with Crippen LogP contribution in [0.5, 0.6) is 5.88 Å². The number of hydrogen-bond donors (Lipinski definition) is 0. The maximum Gasteiger partial charge on any atom is 0.254 e. The van der Waals surface area contributed by atoms with Gasteiger partial charge in [-0.25, -0.2) is 4.98 Å². The zero-order valence-electron chi connectivity index (χ0n) is 17.3. The molecule has 1 aromatic carbocycles. The Hall–Kier alpha value is -3.86. The third-order valence-electron chi connectivity index (χ3n) is 5.42. The van der Waals surface area contributed by atoms with Gasteiger partial charge in [0.2, 0.25) is 11.8 Å². The molecule has 1 aliphatic heterocycles. The summed E-state index contributed by atoms with van der Waals surface area (Å²) >= 11 is 0. The molecule has 0 aliphatic carbocycles. The zero-order valence-corrected chi connectivity index (χ0v) is 17.3. The highest BCUT2D eigenvalue weighted by Gasteiger charge is 2.30. The standard InChI is InChI=1S/C23H23N5O3/c1-30-21-7-10-25-23(26-21)27-11-8-19(9-12-27)28(16-20-6-3-13-31-20)22(29)18-5-2-4-17(14-18)15-24/h2-7,10,13-14,19H,8-9,11-12,16H2,1H3. The van der Waals surface area contributed by atoms with Crippen LogP contribution in [0.15, 0.2) is 59.3 Å². The fourth-order valence-electron chi connectivity index (χ4n) is 3.80. The van der Waals surface area contributed by atoms with E-state index in [1.165, 1.54) is 0 Å². The monoisotopic (exact) mass is 417 g/mol. The molecule has 158 valence electrons.